The van der Waals surface area contributed by atoms with Gasteiger partial charge in [-0.05, 0) is 48.7 Å². The van der Waals surface area contributed by atoms with E-state index in [0.29, 0.717) is 25.4 Å². The molecule has 4 aromatic rings. The first-order valence-corrected chi connectivity index (χ1v) is 11.4. The zero-order valence-electron chi connectivity index (χ0n) is 18.2. The Morgan fingerprint density at radius 3 is 2.59 bits per heavy atom. The number of carbonyl (C=O) groups is 1. The predicted molar refractivity (Wildman–Crippen MR) is 129 cm³/mol. The Morgan fingerprint density at radius 2 is 1.91 bits per heavy atom. The van der Waals surface area contributed by atoms with Crippen LogP contribution in [0.2, 0.25) is 0 Å². The van der Waals surface area contributed by atoms with Crippen LogP contribution >= 0.6 is 11.3 Å². The first-order valence-electron chi connectivity index (χ1n) is 10.6. The molecule has 1 N–H and O–H groups in total. The third kappa shape index (κ3) is 4.54. The minimum absolute atomic E-state index is 0.251. The normalized spacial score (nSPS) is 11.1. The first-order chi connectivity index (χ1) is 15.6. The van der Waals surface area contributed by atoms with Crippen LogP contribution in [-0.4, -0.2) is 35.8 Å². The van der Waals surface area contributed by atoms with Crippen LogP contribution in [0.1, 0.15) is 12.5 Å². The number of urea groups is 1. The van der Waals surface area contributed by atoms with Crippen LogP contribution in [0.15, 0.2) is 66.0 Å². The Labute approximate surface area is 191 Å². The van der Waals surface area contributed by atoms with Gasteiger partial charge in [-0.2, -0.15) is 0 Å². The Balaban J connectivity index is 1.73. The van der Waals surface area contributed by atoms with E-state index < -0.39 is 0 Å². The molecule has 2 aromatic heterocycles. The number of rotatable bonds is 8. The van der Waals surface area contributed by atoms with Crippen LogP contribution in [0.3, 0.4) is 0 Å². The lowest BCUT2D eigenvalue weighted by molar-refractivity contribution is 0.153. The summed E-state index contributed by atoms with van der Waals surface area (Å²) in [5, 5.41) is 6.09. The lowest BCUT2D eigenvalue weighted by Gasteiger charge is -2.23. The number of nitrogens with zero attached hydrogens (tertiary/aromatic N) is 2. The number of carbonyl (C=O) groups excluding carboxylic acids is 1. The summed E-state index contributed by atoms with van der Waals surface area (Å²) < 4.78 is 20.8. The molecule has 5 nitrogen and oxygen atoms in total. The Hall–Kier alpha value is -3.16. The van der Waals surface area contributed by atoms with Gasteiger partial charge in [0.1, 0.15) is 5.82 Å². The van der Waals surface area contributed by atoms with E-state index in [0.717, 1.165) is 28.7 Å². The zero-order chi connectivity index (χ0) is 22.5. The highest BCUT2D eigenvalue weighted by atomic mass is 32.1. The predicted octanol–water partition coefficient (Wildman–Crippen LogP) is 6.21. The molecule has 0 saturated heterocycles. The van der Waals surface area contributed by atoms with E-state index in [1.54, 1.807) is 35.5 Å². The van der Waals surface area contributed by atoms with Crippen molar-refractivity contribution in [1.29, 1.82) is 0 Å². The Morgan fingerprint density at radius 1 is 1.12 bits per heavy atom. The molecule has 0 spiro atoms. The van der Waals surface area contributed by atoms with Crippen LogP contribution in [0, 0.1) is 5.82 Å². The van der Waals surface area contributed by atoms with Crippen molar-refractivity contribution in [2.24, 2.45) is 0 Å². The Bertz CT molecular complexity index is 1190. The minimum Gasteiger partial charge on any atom is -0.383 e. The van der Waals surface area contributed by atoms with Crippen molar-refractivity contribution in [3.8, 4) is 10.6 Å². The van der Waals surface area contributed by atoms with E-state index in [1.165, 1.54) is 17.0 Å². The van der Waals surface area contributed by atoms with Crippen molar-refractivity contribution in [3.05, 3.63) is 77.4 Å². The van der Waals surface area contributed by atoms with Crippen LogP contribution < -0.4 is 5.32 Å². The van der Waals surface area contributed by atoms with Crippen molar-refractivity contribution in [1.82, 2.24) is 9.47 Å². The van der Waals surface area contributed by atoms with Crippen molar-refractivity contribution in [2.75, 3.05) is 25.6 Å². The van der Waals surface area contributed by atoms with Crippen LogP contribution in [0.4, 0.5) is 14.9 Å². The summed E-state index contributed by atoms with van der Waals surface area (Å²) in [5.41, 5.74) is 3.95. The maximum absolute atomic E-state index is 13.3. The van der Waals surface area contributed by atoms with Crippen molar-refractivity contribution in [2.45, 2.75) is 20.0 Å². The average Bonchev–Trinajstić information content (AvgIpc) is 3.44. The highest BCUT2D eigenvalue weighted by Crippen LogP contribution is 2.37. The summed E-state index contributed by atoms with van der Waals surface area (Å²) in [6, 6.07) is 18.0. The molecule has 2 aromatic carbocycles. The molecular formula is C25H26FN3O2S. The molecule has 0 aliphatic heterocycles. The largest absolute Gasteiger partial charge is 0.383 e. The van der Waals surface area contributed by atoms with Gasteiger partial charge in [0, 0.05) is 42.4 Å². The molecule has 0 atom stereocenters. The number of para-hydroxylation sites is 1. The summed E-state index contributed by atoms with van der Waals surface area (Å²) >= 11 is 1.69. The Kier molecular flexibility index (Phi) is 6.87. The minimum atomic E-state index is -0.341. The number of benzene rings is 2. The molecule has 0 saturated carbocycles. The highest BCUT2D eigenvalue weighted by molar-refractivity contribution is 7.13. The summed E-state index contributed by atoms with van der Waals surface area (Å²) in [5.74, 6) is -0.341. The van der Waals surface area contributed by atoms with Gasteiger partial charge in [-0.1, -0.05) is 24.3 Å². The monoisotopic (exact) mass is 451 g/mol. The fourth-order valence-corrected chi connectivity index (χ4v) is 4.75. The summed E-state index contributed by atoms with van der Waals surface area (Å²) in [6.45, 7) is 4.23. The van der Waals surface area contributed by atoms with E-state index in [2.05, 4.69) is 40.4 Å². The van der Waals surface area contributed by atoms with Gasteiger partial charge in [-0.15, -0.1) is 11.3 Å². The van der Waals surface area contributed by atoms with Crippen molar-refractivity contribution in [3.63, 3.8) is 0 Å². The van der Waals surface area contributed by atoms with Gasteiger partial charge in [0.2, 0.25) is 0 Å². The number of ether oxygens (including phenoxy) is 1. The van der Waals surface area contributed by atoms with E-state index in [9.17, 15) is 9.18 Å². The molecular weight excluding hydrogens is 425 g/mol. The van der Waals surface area contributed by atoms with E-state index in [1.807, 2.05) is 18.2 Å². The molecule has 7 heteroatoms. The number of halogens is 1. The van der Waals surface area contributed by atoms with E-state index in [-0.39, 0.29) is 11.8 Å². The van der Waals surface area contributed by atoms with Gasteiger partial charge in [0.15, 0.2) is 0 Å². The van der Waals surface area contributed by atoms with Crippen LogP contribution in [0.5, 0.6) is 0 Å². The second-order valence-corrected chi connectivity index (χ2v) is 8.36. The summed E-state index contributed by atoms with van der Waals surface area (Å²) in [7, 11) is 1.62. The zero-order valence-corrected chi connectivity index (χ0v) is 19.0. The molecule has 166 valence electrons. The van der Waals surface area contributed by atoms with Gasteiger partial charge >= 0.3 is 6.03 Å². The molecule has 0 aliphatic rings. The lowest BCUT2D eigenvalue weighted by atomic mass is 10.1. The SMILES string of the molecule is CCn1c(-c2cccs2)c(CN(CCOC)C(=O)Nc2ccc(F)cc2)c2ccccc21. The van der Waals surface area contributed by atoms with Gasteiger partial charge in [-0.3, -0.25) is 0 Å². The van der Waals surface area contributed by atoms with Crippen LogP contribution in [-0.2, 0) is 17.8 Å². The highest BCUT2D eigenvalue weighted by Gasteiger charge is 2.23. The number of anilines is 1. The topological polar surface area (TPSA) is 46.5 Å². The maximum atomic E-state index is 13.3. The molecule has 2 amide bonds. The molecule has 0 fully saturated rings. The number of hydrogen-bond acceptors (Lipinski definition) is 3. The standard InChI is InChI=1S/C25H26FN3O2S/c1-3-29-22-8-5-4-7-20(22)21(24(29)23-9-6-16-32-23)17-28(14-15-31-2)25(30)27-19-12-10-18(26)11-13-19/h4-13,16H,3,14-15,17H2,1-2H3,(H,27,30). The summed E-state index contributed by atoms with van der Waals surface area (Å²) in [6.07, 6.45) is 0. The molecule has 32 heavy (non-hydrogen) atoms. The first kappa shape index (κ1) is 22.0. The second-order valence-electron chi connectivity index (χ2n) is 7.42. The number of aromatic nitrogens is 1. The lowest BCUT2D eigenvalue weighted by Crippen LogP contribution is -2.37. The fraction of sp³-hybridized carbons (Fsp3) is 0.240. The number of fused-ring (bicyclic) bond motifs is 1. The van der Waals surface area contributed by atoms with E-state index >= 15 is 0 Å². The van der Waals surface area contributed by atoms with Crippen molar-refractivity contribution < 1.29 is 13.9 Å². The average molecular weight is 452 g/mol. The molecule has 0 unspecified atom stereocenters. The molecule has 0 bridgehead atoms. The smallest absolute Gasteiger partial charge is 0.322 e. The third-order valence-electron chi connectivity index (χ3n) is 5.44. The number of amides is 2. The number of methoxy groups -OCH3 is 1. The molecule has 0 radical (unpaired) electrons. The third-order valence-corrected chi connectivity index (χ3v) is 6.32. The molecule has 0 aliphatic carbocycles. The summed E-state index contributed by atoms with van der Waals surface area (Å²) in [4.78, 5) is 16.1. The van der Waals surface area contributed by atoms with Gasteiger partial charge in [0.25, 0.3) is 0 Å². The number of hydrogen-bond donors (Lipinski definition) is 1. The van der Waals surface area contributed by atoms with Gasteiger partial charge < -0.3 is 19.5 Å². The molecule has 2 heterocycles. The van der Waals surface area contributed by atoms with Crippen LogP contribution in [0.25, 0.3) is 21.5 Å². The molecule has 4 rings (SSSR count). The number of aryl methyl sites for hydroxylation is 1. The number of nitrogens with one attached hydrogen (secondary N) is 1. The van der Waals surface area contributed by atoms with Gasteiger partial charge in [-0.25, -0.2) is 9.18 Å². The van der Waals surface area contributed by atoms with Crippen molar-refractivity contribution >= 4 is 34.0 Å². The van der Waals surface area contributed by atoms with Gasteiger partial charge in [0.05, 0.1) is 23.7 Å². The quantitative estimate of drug-likeness (QED) is 0.346. The van der Waals surface area contributed by atoms with E-state index in [4.69, 9.17) is 4.74 Å². The fourth-order valence-electron chi connectivity index (χ4n) is 3.94. The number of thiophene rings is 1. The second kappa shape index (κ2) is 9.97. The maximum Gasteiger partial charge on any atom is 0.322 e.